The Morgan fingerprint density at radius 2 is 2.24 bits per heavy atom. The van der Waals surface area contributed by atoms with Crippen molar-refractivity contribution in [2.24, 2.45) is 5.73 Å². The lowest BCUT2D eigenvalue weighted by atomic mass is 10.1. The maximum atomic E-state index is 11.4. The molecule has 7 heteroatoms. The van der Waals surface area contributed by atoms with E-state index in [1.807, 2.05) is 0 Å². The van der Waals surface area contributed by atoms with E-state index >= 15 is 0 Å². The van der Waals surface area contributed by atoms with Crippen LogP contribution in [0.2, 0.25) is 5.02 Å². The van der Waals surface area contributed by atoms with E-state index < -0.39 is 0 Å². The van der Waals surface area contributed by atoms with Crippen molar-refractivity contribution >= 4 is 34.8 Å². The molecule has 0 heterocycles. The van der Waals surface area contributed by atoms with E-state index in [0.29, 0.717) is 10.8 Å². The highest BCUT2D eigenvalue weighted by Gasteiger charge is 2.06. The topological polar surface area (TPSA) is 76.4 Å². The van der Waals surface area contributed by atoms with E-state index in [-0.39, 0.29) is 17.4 Å². The van der Waals surface area contributed by atoms with Gasteiger partial charge in [0.15, 0.2) is 5.11 Å². The second kappa shape index (κ2) is 6.27. The highest BCUT2D eigenvalue weighted by atomic mass is 35.5. The Balaban J connectivity index is 2.60. The molecule has 1 rings (SSSR count). The number of nitrogens with one attached hydrogen (secondary N) is 2. The SMILES string of the molecule is COc1ccc(CC(=O)NNC(N)=S)cc1Cl. The average Bonchev–Trinajstić information content (AvgIpc) is 2.26. The minimum Gasteiger partial charge on any atom is -0.495 e. The summed E-state index contributed by atoms with van der Waals surface area (Å²) < 4.78 is 5.01. The second-order valence-corrected chi connectivity index (χ2v) is 4.03. The third-order valence-electron chi connectivity index (χ3n) is 1.91. The number of hydrazine groups is 1. The molecule has 0 spiro atoms. The minimum absolute atomic E-state index is 0.00566. The molecule has 0 saturated heterocycles. The monoisotopic (exact) mass is 273 g/mol. The summed E-state index contributed by atoms with van der Waals surface area (Å²) >= 11 is 10.5. The first-order chi connectivity index (χ1) is 8.02. The highest BCUT2D eigenvalue weighted by Crippen LogP contribution is 2.24. The molecular weight excluding hydrogens is 262 g/mol. The van der Waals surface area contributed by atoms with Gasteiger partial charge in [0, 0.05) is 0 Å². The van der Waals surface area contributed by atoms with Crippen molar-refractivity contribution in [2.75, 3.05) is 7.11 Å². The summed E-state index contributed by atoms with van der Waals surface area (Å²) in [7, 11) is 1.53. The molecule has 0 atom stereocenters. The van der Waals surface area contributed by atoms with Crippen molar-refractivity contribution in [2.45, 2.75) is 6.42 Å². The molecule has 0 unspecified atom stereocenters. The molecule has 17 heavy (non-hydrogen) atoms. The maximum absolute atomic E-state index is 11.4. The Kier molecular flexibility index (Phi) is 4.99. The molecule has 5 nitrogen and oxygen atoms in total. The van der Waals surface area contributed by atoms with Gasteiger partial charge in [-0.1, -0.05) is 17.7 Å². The summed E-state index contributed by atoms with van der Waals surface area (Å²) in [5.74, 6) is 0.302. The van der Waals surface area contributed by atoms with Crippen molar-refractivity contribution in [3.05, 3.63) is 28.8 Å². The highest BCUT2D eigenvalue weighted by molar-refractivity contribution is 7.80. The number of ether oxygens (including phenoxy) is 1. The summed E-state index contributed by atoms with van der Waals surface area (Å²) in [5, 5.41) is 0.464. The van der Waals surface area contributed by atoms with Crippen LogP contribution in [0.5, 0.6) is 5.75 Å². The molecule has 0 aliphatic heterocycles. The maximum Gasteiger partial charge on any atom is 0.242 e. The first-order valence-corrected chi connectivity index (χ1v) is 5.48. The molecule has 1 amide bonds. The molecule has 1 aromatic carbocycles. The molecule has 0 fully saturated rings. The summed E-state index contributed by atoms with van der Waals surface area (Å²) in [6.45, 7) is 0. The Morgan fingerprint density at radius 3 is 2.76 bits per heavy atom. The predicted octanol–water partition coefficient (Wildman–Crippen LogP) is 0.756. The van der Waals surface area contributed by atoms with Crippen molar-refractivity contribution in [1.82, 2.24) is 10.9 Å². The van der Waals surface area contributed by atoms with Crippen LogP contribution in [0.15, 0.2) is 18.2 Å². The van der Waals surface area contributed by atoms with Gasteiger partial charge in [-0.3, -0.25) is 15.6 Å². The molecule has 0 aromatic heterocycles. The van der Waals surface area contributed by atoms with Crippen molar-refractivity contribution < 1.29 is 9.53 Å². The van der Waals surface area contributed by atoms with Crippen LogP contribution in [-0.4, -0.2) is 18.1 Å². The third-order valence-corrected chi connectivity index (χ3v) is 2.30. The van der Waals surface area contributed by atoms with E-state index in [1.165, 1.54) is 7.11 Å². The van der Waals surface area contributed by atoms with Gasteiger partial charge in [0.25, 0.3) is 0 Å². The summed E-state index contributed by atoms with van der Waals surface area (Å²) in [6, 6.07) is 5.12. The molecular formula is C10H12ClN3O2S. The van der Waals surface area contributed by atoms with Crippen LogP contribution in [-0.2, 0) is 11.2 Å². The number of carbonyl (C=O) groups is 1. The van der Waals surface area contributed by atoms with Gasteiger partial charge in [0.05, 0.1) is 18.6 Å². The zero-order valence-electron chi connectivity index (χ0n) is 9.12. The van der Waals surface area contributed by atoms with Crippen molar-refractivity contribution in [1.29, 1.82) is 0 Å². The van der Waals surface area contributed by atoms with Crippen molar-refractivity contribution in [3.63, 3.8) is 0 Å². The summed E-state index contributed by atoms with van der Waals surface area (Å²) in [6.07, 6.45) is 0.166. The average molecular weight is 274 g/mol. The van der Waals surface area contributed by atoms with Gasteiger partial charge in [-0.25, -0.2) is 0 Å². The number of nitrogens with two attached hydrogens (primary N) is 1. The van der Waals surface area contributed by atoms with E-state index in [9.17, 15) is 4.79 Å². The Hall–Kier alpha value is -1.53. The Morgan fingerprint density at radius 1 is 1.53 bits per heavy atom. The Bertz CT molecular complexity index is 440. The number of thiocarbonyl (C=S) groups is 1. The van der Waals surface area contributed by atoms with E-state index in [0.717, 1.165) is 5.56 Å². The first kappa shape index (κ1) is 13.5. The smallest absolute Gasteiger partial charge is 0.242 e. The molecule has 0 saturated carbocycles. The van der Waals surface area contributed by atoms with Gasteiger partial charge in [0.1, 0.15) is 5.75 Å². The number of rotatable bonds is 3. The molecule has 0 radical (unpaired) electrons. The first-order valence-electron chi connectivity index (χ1n) is 4.69. The van der Waals surface area contributed by atoms with Crippen LogP contribution < -0.4 is 21.3 Å². The van der Waals surface area contributed by atoms with Crippen LogP contribution in [0.1, 0.15) is 5.56 Å². The lowest BCUT2D eigenvalue weighted by Gasteiger charge is -2.08. The van der Waals surface area contributed by atoms with Gasteiger partial charge in [0.2, 0.25) is 5.91 Å². The second-order valence-electron chi connectivity index (χ2n) is 3.18. The fourth-order valence-electron chi connectivity index (χ4n) is 1.18. The van der Waals surface area contributed by atoms with Crippen LogP contribution in [0.3, 0.4) is 0 Å². The number of hydrogen-bond acceptors (Lipinski definition) is 3. The quantitative estimate of drug-likeness (QED) is 0.560. The standard InChI is InChI=1S/C10H12ClN3O2S/c1-16-8-3-2-6(4-7(8)11)5-9(15)13-14-10(12)17/h2-4H,5H2,1H3,(H,13,15)(H3,12,14,17). The van der Waals surface area contributed by atoms with Gasteiger partial charge in [-0.05, 0) is 29.9 Å². The molecule has 0 aliphatic rings. The predicted molar refractivity (Wildman–Crippen MR) is 69.8 cm³/mol. The zero-order valence-corrected chi connectivity index (χ0v) is 10.7. The van der Waals surface area contributed by atoms with Crippen LogP contribution in [0.25, 0.3) is 0 Å². The zero-order chi connectivity index (χ0) is 12.8. The Labute approximate surface area is 109 Å². The minimum atomic E-state index is -0.265. The fraction of sp³-hybridized carbons (Fsp3) is 0.200. The van der Waals surface area contributed by atoms with Gasteiger partial charge >= 0.3 is 0 Å². The van der Waals surface area contributed by atoms with Crippen LogP contribution in [0.4, 0.5) is 0 Å². The number of amides is 1. The van der Waals surface area contributed by atoms with Crippen molar-refractivity contribution in [3.8, 4) is 5.75 Å². The number of methoxy groups -OCH3 is 1. The van der Waals surface area contributed by atoms with Gasteiger partial charge in [-0.2, -0.15) is 0 Å². The normalized spacial score (nSPS) is 9.53. The van der Waals surface area contributed by atoms with Gasteiger partial charge in [-0.15, -0.1) is 0 Å². The largest absolute Gasteiger partial charge is 0.495 e. The number of carbonyl (C=O) groups excluding carboxylic acids is 1. The third kappa shape index (κ3) is 4.46. The van der Waals surface area contributed by atoms with Crippen LogP contribution >= 0.6 is 23.8 Å². The van der Waals surface area contributed by atoms with Gasteiger partial charge < -0.3 is 10.5 Å². The lowest BCUT2D eigenvalue weighted by Crippen LogP contribution is -2.44. The summed E-state index contributed by atoms with van der Waals surface area (Å²) in [4.78, 5) is 11.4. The van der Waals surface area contributed by atoms with E-state index in [4.69, 9.17) is 22.1 Å². The van der Waals surface area contributed by atoms with E-state index in [1.54, 1.807) is 18.2 Å². The molecule has 1 aromatic rings. The molecule has 92 valence electrons. The number of hydrogen-bond donors (Lipinski definition) is 3. The number of halogens is 1. The van der Waals surface area contributed by atoms with E-state index in [2.05, 4.69) is 23.1 Å². The summed E-state index contributed by atoms with van der Waals surface area (Å²) in [5.41, 5.74) is 10.6. The van der Waals surface area contributed by atoms with Crippen LogP contribution in [0, 0.1) is 0 Å². The lowest BCUT2D eigenvalue weighted by molar-refractivity contribution is -0.121. The molecule has 0 bridgehead atoms. The molecule has 0 aliphatic carbocycles. The number of benzene rings is 1. The molecule has 4 N–H and O–H groups in total. The fourth-order valence-corrected chi connectivity index (χ4v) is 1.51.